The molecule has 1 saturated carbocycles. The van der Waals surface area contributed by atoms with E-state index in [1.54, 1.807) is 12.0 Å². The summed E-state index contributed by atoms with van der Waals surface area (Å²) in [7, 11) is -3.12. The Hall–Kier alpha value is -2.08. The molecule has 7 nitrogen and oxygen atoms in total. The number of rotatable bonds is 7. The lowest BCUT2D eigenvalue weighted by Crippen LogP contribution is -2.56. The lowest BCUT2D eigenvalue weighted by Gasteiger charge is -2.48. The summed E-state index contributed by atoms with van der Waals surface area (Å²) in [4.78, 5) is 6.37. The first-order chi connectivity index (χ1) is 17.1. The molecule has 1 spiro atoms. The van der Waals surface area contributed by atoms with Crippen molar-refractivity contribution in [1.29, 1.82) is 0 Å². The number of nitrogens with one attached hydrogen (secondary N) is 1. The van der Waals surface area contributed by atoms with E-state index in [-0.39, 0.29) is 11.2 Å². The van der Waals surface area contributed by atoms with E-state index < -0.39 is 48.9 Å². The van der Waals surface area contributed by atoms with Crippen LogP contribution < -0.4 is 9.62 Å². The molecule has 36 heavy (non-hydrogen) atoms. The van der Waals surface area contributed by atoms with Crippen LogP contribution in [0.2, 0.25) is 5.02 Å². The summed E-state index contributed by atoms with van der Waals surface area (Å²) >= 11 is 6.27. The number of sulfonamides is 1. The van der Waals surface area contributed by atoms with Crippen LogP contribution in [0.25, 0.3) is 0 Å². The largest absolute Gasteiger partial charge is 0.375 e. The van der Waals surface area contributed by atoms with Crippen LogP contribution >= 0.6 is 11.6 Å². The van der Waals surface area contributed by atoms with Gasteiger partial charge in [0.2, 0.25) is 5.95 Å². The van der Waals surface area contributed by atoms with Crippen molar-refractivity contribution in [3.8, 4) is 0 Å². The quantitative estimate of drug-likeness (QED) is 0.407. The van der Waals surface area contributed by atoms with E-state index in [4.69, 9.17) is 16.3 Å². The minimum Gasteiger partial charge on any atom is -0.375 e. The molecule has 0 amide bonds. The van der Waals surface area contributed by atoms with Crippen LogP contribution in [0.4, 0.5) is 24.7 Å². The summed E-state index contributed by atoms with van der Waals surface area (Å²) in [5.74, 6) is -4.08. The van der Waals surface area contributed by atoms with Crippen molar-refractivity contribution >= 4 is 33.1 Å². The molecule has 1 atom stereocenters. The number of pyridine rings is 1. The summed E-state index contributed by atoms with van der Waals surface area (Å²) in [5.41, 5.74) is -0.208. The molecule has 0 bridgehead atoms. The Morgan fingerprint density at radius 2 is 1.89 bits per heavy atom. The normalized spacial score (nSPS) is 23.9. The summed E-state index contributed by atoms with van der Waals surface area (Å²) in [6, 6.07) is 4.31. The number of aromatic nitrogens is 1. The van der Waals surface area contributed by atoms with Gasteiger partial charge in [-0.05, 0) is 57.2 Å². The number of hydrogen-bond acceptors (Lipinski definition) is 6. The topological polar surface area (TPSA) is 74.8 Å². The van der Waals surface area contributed by atoms with Crippen molar-refractivity contribution in [3.05, 3.63) is 46.9 Å². The third kappa shape index (κ3) is 4.44. The molecule has 3 aliphatic rings. The first kappa shape index (κ1) is 25.6. The number of ether oxygens (including phenoxy) is 1. The Morgan fingerprint density at radius 3 is 2.56 bits per heavy atom. The van der Waals surface area contributed by atoms with Gasteiger partial charge in [0.1, 0.15) is 16.7 Å². The van der Waals surface area contributed by atoms with Crippen molar-refractivity contribution in [2.75, 3.05) is 42.9 Å². The monoisotopic (exact) mass is 544 g/mol. The Balaban J connectivity index is 1.39. The molecule has 2 aliphatic heterocycles. The Labute approximate surface area is 213 Å². The number of anilines is 2. The molecule has 1 aromatic carbocycles. The third-order valence-electron chi connectivity index (χ3n) is 7.91. The molecule has 196 valence electrons. The number of methoxy groups -OCH3 is 1. The minimum absolute atomic E-state index is 0.0631. The second-order valence-electron chi connectivity index (χ2n) is 9.95. The van der Waals surface area contributed by atoms with E-state index in [1.807, 2.05) is 4.72 Å². The highest BCUT2D eigenvalue weighted by Gasteiger charge is 2.50. The molecule has 5 rings (SSSR count). The molecule has 2 saturated heterocycles. The number of likely N-dealkylation sites (tertiary alicyclic amines) is 1. The molecule has 1 aliphatic carbocycles. The van der Waals surface area contributed by atoms with Gasteiger partial charge in [0.25, 0.3) is 10.0 Å². The molecular formula is C24H28ClF3N4O3S. The van der Waals surface area contributed by atoms with Gasteiger partial charge in [-0.25, -0.2) is 22.2 Å². The molecular weight excluding hydrogens is 517 g/mol. The van der Waals surface area contributed by atoms with Gasteiger partial charge in [-0.3, -0.25) is 9.62 Å². The molecule has 0 radical (unpaired) electrons. The van der Waals surface area contributed by atoms with Crippen LogP contribution in [-0.4, -0.2) is 62.7 Å². The second-order valence-corrected chi connectivity index (χ2v) is 11.9. The number of benzene rings is 1. The second kappa shape index (κ2) is 9.34. The fourth-order valence-electron chi connectivity index (χ4n) is 5.85. The molecule has 3 fully saturated rings. The number of nitrogens with zero attached hydrogens (tertiary/aromatic N) is 3. The van der Waals surface area contributed by atoms with Gasteiger partial charge in [0.15, 0.2) is 10.7 Å². The maximum atomic E-state index is 15.3. The van der Waals surface area contributed by atoms with E-state index in [0.29, 0.717) is 19.5 Å². The van der Waals surface area contributed by atoms with Crippen molar-refractivity contribution in [3.63, 3.8) is 0 Å². The average molecular weight is 545 g/mol. The summed E-state index contributed by atoms with van der Waals surface area (Å²) in [6.45, 7) is 2.55. The van der Waals surface area contributed by atoms with E-state index in [9.17, 15) is 12.8 Å². The van der Waals surface area contributed by atoms with Crippen molar-refractivity contribution < 1.29 is 26.3 Å². The van der Waals surface area contributed by atoms with Crippen LogP contribution in [0.5, 0.6) is 0 Å². The predicted molar refractivity (Wildman–Crippen MR) is 130 cm³/mol. The Kier molecular flexibility index (Phi) is 6.63. The van der Waals surface area contributed by atoms with Gasteiger partial charge < -0.3 is 9.64 Å². The Morgan fingerprint density at radius 1 is 1.14 bits per heavy atom. The van der Waals surface area contributed by atoms with E-state index in [1.165, 1.54) is 31.7 Å². The molecule has 12 heteroatoms. The van der Waals surface area contributed by atoms with Gasteiger partial charge in [-0.15, -0.1) is 0 Å². The first-order valence-corrected chi connectivity index (χ1v) is 13.8. The van der Waals surface area contributed by atoms with Crippen molar-refractivity contribution in [2.24, 2.45) is 0 Å². The summed E-state index contributed by atoms with van der Waals surface area (Å²) < 4.78 is 77.0. The van der Waals surface area contributed by atoms with Crippen molar-refractivity contribution in [1.82, 2.24) is 9.88 Å². The van der Waals surface area contributed by atoms with E-state index in [2.05, 4.69) is 9.88 Å². The predicted octanol–water partition coefficient (Wildman–Crippen LogP) is 4.57. The third-order valence-corrected chi connectivity index (χ3v) is 9.66. The highest BCUT2D eigenvalue weighted by atomic mass is 35.5. The fraction of sp³-hybridized carbons (Fsp3) is 0.542. The highest BCUT2D eigenvalue weighted by molar-refractivity contribution is 7.92. The molecule has 3 heterocycles. The molecule has 1 N–H and O–H groups in total. The van der Waals surface area contributed by atoms with E-state index in [0.717, 1.165) is 37.7 Å². The van der Waals surface area contributed by atoms with Crippen LogP contribution in [-0.2, 0) is 14.8 Å². The van der Waals surface area contributed by atoms with Gasteiger partial charge in [-0.2, -0.15) is 4.39 Å². The van der Waals surface area contributed by atoms with Crippen LogP contribution in [0, 0.1) is 17.6 Å². The first-order valence-electron chi connectivity index (χ1n) is 12.0. The van der Waals surface area contributed by atoms with Crippen LogP contribution in [0.3, 0.4) is 0 Å². The van der Waals surface area contributed by atoms with Gasteiger partial charge >= 0.3 is 0 Å². The zero-order valence-electron chi connectivity index (χ0n) is 19.9. The maximum absolute atomic E-state index is 15.3. The molecule has 2 aromatic rings. The summed E-state index contributed by atoms with van der Waals surface area (Å²) in [6.07, 6.45) is 6.59. The van der Waals surface area contributed by atoms with Gasteiger partial charge in [-0.1, -0.05) is 17.7 Å². The molecule has 0 unspecified atom stereocenters. The zero-order chi connectivity index (χ0) is 25.7. The van der Waals surface area contributed by atoms with Gasteiger partial charge in [0.05, 0.1) is 11.3 Å². The fourth-order valence-corrected chi connectivity index (χ4v) is 7.32. The lowest BCUT2D eigenvalue weighted by atomic mass is 9.74. The average Bonchev–Trinajstić information content (AvgIpc) is 3.41. The minimum atomic E-state index is -4.77. The zero-order valence-corrected chi connectivity index (χ0v) is 21.4. The maximum Gasteiger partial charge on any atom is 0.268 e. The standard InChI is InChI=1S/C24H28ClF3N4O3S/c1-35-24(15-32-11-4-9-23(32)7-3-8-23)10-12-31(14-24)17-13-16(26)22(21(28)20(17)25)36(33,34)30-19-6-2-5-18(27)29-19/h2,5-6,13H,3-4,7-12,14-15H2,1H3,(H,29,30)/t24-/m0/s1. The molecule has 1 aromatic heterocycles. The SMILES string of the molecule is CO[C@@]1(CN2CCCC23CCC3)CCN(c2cc(F)c(S(=O)(=O)Nc3cccc(F)n3)c(F)c2Cl)C1. The van der Waals surface area contributed by atoms with Crippen molar-refractivity contribution in [2.45, 2.75) is 54.6 Å². The van der Waals surface area contributed by atoms with E-state index >= 15 is 8.78 Å². The Bertz CT molecular complexity index is 1280. The lowest BCUT2D eigenvalue weighted by molar-refractivity contribution is -0.0538. The smallest absolute Gasteiger partial charge is 0.268 e. The number of hydrogen-bond donors (Lipinski definition) is 1. The summed E-state index contributed by atoms with van der Waals surface area (Å²) in [5, 5.41) is -0.507. The van der Waals surface area contributed by atoms with Gasteiger partial charge in [0, 0.05) is 38.3 Å². The van der Waals surface area contributed by atoms with Crippen LogP contribution in [0.1, 0.15) is 38.5 Å². The van der Waals surface area contributed by atoms with Crippen LogP contribution in [0.15, 0.2) is 29.2 Å². The highest BCUT2D eigenvalue weighted by Crippen LogP contribution is 2.47. The number of halogens is 4.